The Hall–Kier alpha value is -1.29. The second-order valence-corrected chi connectivity index (χ2v) is 5.06. The molecule has 4 heteroatoms. The molecule has 1 amide bonds. The number of hydrogen-bond acceptors (Lipinski definition) is 3. The summed E-state index contributed by atoms with van der Waals surface area (Å²) in [6.45, 7) is 10.1. The standard InChI is InChI=1S/C13H22N2O2/c1-8(2)13(5,7-14)15-12(16)11-6-9(3)17-10(11)4/h6,8H,7,14H2,1-5H3,(H,15,16). The van der Waals surface area contributed by atoms with E-state index in [2.05, 4.69) is 5.32 Å². The van der Waals surface area contributed by atoms with Gasteiger partial charge >= 0.3 is 0 Å². The Kier molecular flexibility index (Phi) is 3.98. The van der Waals surface area contributed by atoms with Gasteiger partial charge in [0.1, 0.15) is 11.5 Å². The van der Waals surface area contributed by atoms with Crippen LogP contribution < -0.4 is 11.1 Å². The van der Waals surface area contributed by atoms with Crippen molar-refractivity contribution in [3.05, 3.63) is 23.2 Å². The molecule has 1 rings (SSSR count). The van der Waals surface area contributed by atoms with E-state index in [0.717, 1.165) is 5.76 Å². The fourth-order valence-corrected chi connectivity index (χ4v) is 1.61. The highest BCUT2D eigenvalue weighted by Gasteiger charge is 2.29. The third-order valence-corrected chi connectivity index (χ3v) is 3.38. The van der Waals surface area contributed by atoms with Gasteiger partial charge in [-0.05, 0) is 32.8 Å². The van der Waals surface area contributed by atoms with Gasteiger partial charge in [-0.25, -0.2) is 0 Å². The van der Waals surface area contributed by atoms with Crippen LogP contribution in [0.4, 0.5) is 0 Å². The van der Waals surface area contributed by atoms with E-state index in [1.54, 1.807) is 13.0 Å². The lowest BCUT2D eigenvalue weighted by Gasteiger charge is -2.33. The minimum atomic E-state index is -0.394. The van der Waals surface area contributed by atoms with Crippen molar-refractivity contribution < 1.29 is 9.21 Å². The lowest BCUT2D eigenvalue weighted by atomic mass is 9.88. The summed E-state index contributed by atoms with van der Waals surface area (Å²) < 4.78 is 5.35. The fourth-order valence-electron chi connectivity index (χ4n) is 1.61. The maximum atomic E-state index is 12.1. The van der Waals surface area contributed by atoms with Crippen molar-refractivity contribution in [1.29, 1.82) is 0 Å². The Balaban J connectivity index is 2.89. The molecular formula is C13H22N2O2. The van der Waals surface area contributed by atoms with Crippen molar-refractivity contribution in [2.24, 2.45) is 11.7 Å². The zero-order valence-corrected chi connectivity index (χ0v) is 11.3. The summed E-state index contributed by atoms with van der Waals surface area (Å²) in [6, 6.07) is 1.75. The molecule has 1 unspecified atom stereocenters. The molecule has 3 N–H and O–H groups in total. The lowest BCUT2D eigenvalue weighted by molar-refractivity contribution is 0.0881. The number of nitrogens with two attached hydrogens (primary N) is 1. The Labute approximate surface area is 103 Å². The topological polar surface area (TPSA) is 68.3 Å². The van der Waals surface area contributed by atoms with Gasteiger partial charge in [-0.3, -0.25) is 4.79 Å². The molecule has 0 fully saturated rings. The van der Waals surface area contributed by atoms with Crippen LogP contribution in [-0.4, -0.2) is 18.0 Å². The molecule has 0 bridgehead atoms. The molecule has 0 aliphatic carbocycles. The highest BCUT2D eigenvalue weighted by Crippen LogP contribution is 2.18. The molecule has 1 aromatic heterocycles. The number of hydrogen-bond donors (Lipinski definition) is 2. The van der Waals surface area contributed by atoms with Crippen molar-refractivity contribution in [2.75, 3.05) is 6.54 Å². The van der Waals surface area contributed by atoms with Gasteiger partial charge in [0.2, 0.25) is 0 Å². The molecule has 0 aliphatic rings. The Morgan fingerprint density at radius 1 is 1.53 bits per heavy atom. The van der Waals surface area contributed by atoms with Crippen LogP contribution in [0.5, 0.6) is 0 Å². The second-order valence-electron chi connectivity index (χ2n) is 5.06. The lowest BCUT2D eigenvalue weighted by Crippen LogP contribution is -2.55. The van der Waals surface area contributed by atoms with Gasteiger partial charge in [0, 0.05) is 6.54 Å². The third-order valence-electron chi connectivity index (χ3n) is 3.38. The van der Waals surface area contributed by atoms with Gasteiger partial charge in [0.05, 0.1) is 11.1 Å². The molecule has 4 nitrogen and oxygen atoms in total. The van der Waals surface area contributed by atoms with Crippen LogP contribution in [0.15, 0.2) is 10.5 Å². The summed E-state index contributed by atoms with van der Waals surface area (Å²) in [5.41, 5.74) is 5.93. The van der Waals surface area contributed by atoms with E-state index in [9.17, 15) is 4.79 Å². The average Bonchev–Trinajstić information content (AvgIpc) is 2.57. The first kappa shape index (κ1) is 13.8. The summed E-state index contributed by atoms with van der Waals surface area (Å²) >= 11 is 0. The first-order valence-corrected chi connectivity index (χ1v) is 5.89. The number of aryl methyl sites for hydroxylation is 2. The molecule has 0 aliphatic heterocycles. The third kappa shape index (κ3) is 2.88. The molecule has 0 spiro atoms. The van der Waals surface area contributed by atoms with Crippen LogP contribution >= 0.6 is 0 Å². The van der Waals surface area contributed by atoms with Crippen molar-refractivity contribution in [2.45, 2.75) is 40.2 Å². The van der Waals surface area contributed by atoms with E-state index in [1.807, 2.05) is 27.7 Å². The number of carbonyl (C=O) groups excluding carboxylic acids is 1. The molecule has 96 valence electrons. The van der Waals surface area contributed by atoms with E-state index in [-0.39, 0.29) is 11.8 Å². The molecular weight excluding hydrogens is 216 g/mol. The zero-order chi connectivity index (χ0) is 13.2. The molecule has 17 heavy (non-hydrogen) atoms. The fraction of sp³-hybridized carbons (Fsp3) is 0.615. The predicted octanol–water partition coefficient (Wildman–Crippen LogP) is 2.00. The highest BCUT2D eigenvalue weighted by molar-refractivity contribution is 5.95. The van der Waals surface area contributed by atoms with Crippen LogP contribution in [0.3, 0.4) is 0 Å². The number of nitrogens with one attached hydrogen (secondary N) is 1. The largest absolute Gasteiger partial charge is 0.466 e. The normalized spacial score (nSPS) is 14.8. The summed E-state index contributed by atoms with van der Waals surface area (Å²) in [7, 11) is 0. The van der Waals surface area contributed by atoms with Crippen LogP contribution in [0.2, 0.25) is 0 Å². The van der Waals surface area contributed by atoms with Crippen LogP contribution in [0, 0.1) is 19.8 Å². The molecule has 0 saturated heterocycles. The van der Waals surface area contributed by atoms with Gasteiger partial charge < -0.3 is 15.5 Å². The average molecular weight is 238 g/mol. The van der Waals surface area contributed by atoms with Gasteiger partial charge in [-0.2, -0.15) is 0 Å². The number of carbonyl (C=O) groups is 1. The van der Waals surface area contributed by atoms with Crippen LogP contribution in [-0.2, 0) is 0 Å². The Morgan fingerprint density at radius 3 is 2.47 bits per heavy atom. The van der Waals surface area contributed by atoms with E-state index >= 15 is 0 Å². The molecule has 0 saturated carbocycles. The highest BCUT2D eigenvalue weighted by atomic mass is 16.3. The first-order chi connectivity index (χ1) is 7.80. The molecule has 1 atom stereocenters. The summed E-state index contributed by atoms with van der Waals surface area (Å²) in [5.74, 6) is 1.53. The van der Waals surface area contributed by atoms with Crippen molar-refractivity contribution in [1.82, 2.24) is 5.32 Å². The van der Waals surface area contributed by atoms with Crippen molar-refractivity contribution in [3.63, 3.8) is 0 Å². The maximum Gasteiger partial charge on any atom is 0.255 e. The summed E-state index contributed by atoms with van der Waals surface area (Å²) in [6.07, 6.45) is 0. The molecule has 0 radical (unpaired) electrons. The van der Waals surface area contributed by atoms with Gasteiger partial charge in [0.15, 0.2) is 0 Å². The second kappa shape index (κ2) is 4.92. The van der Waals surface area contributed by atoms with Crippen molar-refractivity contribution in [3.8, 4) is 0 Å². The first-order valence-electron chi connectivity index (χ1n) is 5.89. The summed E-state index contributed by atoms with van der Waals surface area (Å²) in [5, 5.41) is 2.99. The Morgan fingerprint density at radius 2 is 2.12 bits per heavy atom. The SMILES string of the molecule is Cc1cc(C(=O)NC(C)(CN)C(C)C)c(C)o1. The van der Waals surface area contributed by atoms with Crippen molar-refractivity contribution >= 4 is 5.91 Å². The van der Waals surface area contributed by atoms with Gasteiger partial charge in [0.25, 0.3) is 5.91 Å². The zero-order valence-electron chi connectivity index (χ0n) is 11.3. The predicted molar refractivity (Wildman–Crippen MR) is 67.9 cm³/mol. The van der Waals surface area contributed by atoms with E-state index in [0.29, 0.717) is 17.9 Å². The minimum absolute atomic E-state index is 0.124. The van der Waals surface area contributed by atoms with E-state index in [4.69, 9.17) is 10.2 Å². The number of amides is 1. The molecule has 0 aromatic carbocycles. The Bertz CT molecular complexity index is 410. The van der Waals surface area contributed by atoms with Gasteiger partial charge in [-0.15, -0.1) is 0 Å². The molecule has 1 aromatic rings. The number of rotatable bonds is 4. The summed E-state index contributed by atoms with van der Waals surface area (Å²) in [4.78, 5) is 12.1. The van der Waals surface area contributed by atoms with Crippen LogP contribution in [0.25, 0.3) is 0 Å². The monoisotopic (exact) mass is 238 g/mol. The minimum Gasteiger partial charge on any atom is -0.466 e. The maximum absolute atomic E-state index is 12.1. The quantitative estimate of drug-likeness (QED) is 0.843. The van der Waals surface area contributed by atoms with E-state index < -0.39 is 5.54 Å². The van der Waals surface area contributed by atoms with E-state index in [1.165, 1.54) is 0 Å². The smallest absolute Gasteiger partial charge is 0.255 e. The molecule has 1 heterocycles. The van der Waals surface area contributed by atoms with Gasteiger partial charge in [-0.1, -0.05) is 13.8 Å². The number of furan rings is 1. The van der Waals surface area contributed by atoms with Crippen LogP contribution in [0.1, 0.15) is 42.6 Å².